The minimum Gasteiger partial charge on any atom is -0.486 e. The van der Waals surface area contributed by atoms with Crippen molar-refractivity contribution in [2.45, 2.75) is 25.8 Å². The average Bonchev–Trinajstić information content (AvgIpc) is 3.24. The van der Waals surface area contributed by atoms with E-state index in [4.69, 9.17) is 21.1 Å². The van der Waals surface area contributed by atoms with E-state index in [0.29, 0.717) is 19.1 Å². The molecule has 4 heteroatoms. The fourth-order valence-corrected chi connectivity index (χ4v) is 3.19. The summed E-state index contributed by atoms with van der Waals surface area (Å²) in [6.07, 6.45) is 2.67. The highest BCUT2D eigenvalue weighted by molar-refractivity contribution is 6.31. The van der Waals surface area contributed by atoms with Gasteiger partial charge in [-0.15, -0.1) is 0 Å². The maximum absolute atomic E-state index is 6.43. The van der Waals surface area contributed by atoms with Crippen LogP contribution in [0.2, 0.25) is 5.02 Å². The van der Waals surface area contributed by atoms with Crippen molar-refractivity contribution < 1.29 is 9.47 Å². The van der Waals surface area contributed by atoms with Crippen molar-refractivity contribution in [3.05, 3.63) is 22.7 Å². The number of benzene rings is 1. The first-order valence-corrected chi connectivity index (χ1v) is 7.35. The lowest BCUT2D eigenvalue weighted by Gasteiger charge is -2.27. The van der Waals surface area contributed by atoms with Crippen molar-refractivity contribution in [3.63, 3.8) is 0 Å². The van der Waals surface area contributed by atoms with Gasteiger partial charge in [0.25, 0.3) is 0 Å². The standard InChI is InChI=1S/C15H20ClNO2/c1-9(10-3-4-10)15(17-2)11-7-13-14(8-12(11)16)19-6-5-18-13/h7-10,15,17H,3-6H2,1-2H3. The van der Waals surface area contributed by atoms with E-state index < -0.39 is 0 Å². The summed E-state index contributed by atoms with van der Waals surface area (Å²) >= 11 is 6.43. The first kappa shape index (κ1) is 13.1. The Kier molecular flexibility index (Phi) is 3.59. The Bertz CT molecular complexity index is 473. The number of nitrogens with one attached hydrogen (secondary N) is 1. The lowest BCUT2D eigenvalue weighted by molar-refractivity contribution is 0.171. The second kappa shape index (κ2) is 5.22. The number of halogens is 1. The van der Waals surface area contributed by atoms with Gasteiger partial charge in [0.2, 0.25) is 0 Å². The zero-order chi connectivity index (χ0) is 13.4. The van der Waals surface area contributed by atoms with Crippen LogP contribution in [0.25, 0.3) is 0 Å². The van der Waals surface area contributed by atoms with Crippen molar-refractivity contribution in [1.82, 2.24) is 5.32 Å². The molecule has 3 nitrogen and oxygen atoms in total. The Morgan fingerprint density at radius 2 is 1.84 bits per heavy atom. The summed E-state index contributed by atoms with van der Waals surface area (Å²) in [5.74, 6) is 2.98. The van der Waals surface area contributed by atoms with Crippen LogP contribution in [0.1, 0.15) is 31.4 Å². The smallest absolute Gasteiger partial charge is 0.162 e. The van der Waals surface area contributed by atoms with E-state index in [1.165, 1.54) is 12.8 Å². The predicted molar refractivity (Wildman–Crippen MR) is 76.1 cm³/mol. The quantitative estimate of drug-likeness (QED) is 0.917. The number of hydrogen-bond acceptors (Lipinski definition) is 3. The van der Waals surface area contributed by atoms with Gasteiger partial charge in [0.05, 0.1) is 0 Å². The van der Waals surface area contributed by atoms with Crippen LogP contribution < -0.4 is 14.8 Å². The van der Waals surface area contributed by atoms with Crippen LogP contribution in [0.5, 0.6) is 11.5 Å². The third-order valence-electron chi connectivity index (χ3n) is 4.20. The maximum atomic E-state index is 6.43. The van der Waals surface area contributed by atoms with Crippen LogP contribution in [0.3, 0.4) is 0 Å². The SMILES string of the molecule is CNC(c1cc2c(cc1Cl)OCCO2)C(C)C1CC1. The molecule has 0 saturated heterocycles. The largest absolute Gasteiger partial charge is 0.486 e. The summed E-state index contributed by atoms with van der Waals surface area (Å²) < 4.78 is 11.2. The number of ether oxygens (including phenoxy) is 2. The molecule has 0 radical (unpaired) electrons. The van der Waals surface area contributed by atoms with Gasteiger partial charge < -0.3 is 14.8 Å². The van der Waals surface area contributed by atoms with Gasteiger partial charge in [-0.25, -0.2) is 0 Å². The van der Waals surface area contributed by atoms with Crippen molar-refractivity contribution in [2.75, 3.05) is 20.3 Å². The Balaban J connectivity index is 1.93. The van der Waals surface area contributed by atoms with E-state index in [9.17, 15) is 0 Å². The molecule has 3 rings (SSSR count). The highest BCUT2D eigenvalue weighted by atomic mass is 35.5. The van der Waals surface area contributed by atoms with Gasteiger partial charge in [0, 0.05) is 17.1 Å². The van der Waals surface area contributed by atoms with E-state index in [2.05, 4.69) is 12.2 Å². The minimum absolute atomic E-state index is 0.274. The molecule has 1 heterocycles. The molecular formula is C15H20ClNO2. The minimum atomic E-state index is 0.274. The van der Waals surface area contributed by atoms with Crippen LogP contribution in [0, 0.1) is 11.8 Å². The number of fused-ring (bicyclic) bond motifs is 1. The molecule has 0 aromatic heterocycles. The first-order valence-electron chi connectivity index (χ1n) is 6.97. The van der Waals surface area contributed by atoms with E-state index in [1.54, 1.807) is 0 Å². The van der Waals surface area contributed by atoms with Gasteiger partial charge in [-0.3, -0.25) is 0 Å². The number of hydrogen-bond donors (Lipinski definition) is 1. The highest BCUT2D eigenvalue weighted by Crippen LogP contribution is 2.45. The second-order valence-corrected chi connectivity index (χ2v) is 5.89. The molecule has 2 atom stereocenters. The Labute approximate surface area is 119 Å². The lowest BCUT2D eigenvalue weighted by Crippen LogP contribution is -2.25. The molecule has 1 saturated carbocycles. The molecule has 2 unspecified atom stereocenters. The summed E-state index contributed by atoms with van der Waals surface area (Å²) in [7, 11) is 2.00. The third kappa shape index (κ3) is 2.54. The molecule has 2 aliphatic rings. The van der Waals surface area contributed by atoms with Crippen LogP contribution in [-0.4, -0.2) is 20.3 Å². The summed E-state index contributed by atoms with van der Waals surface area (Å²) in [6, 6.07) is 4.20. The first-order chi connectivity index (χ1) is 9.20. The van der Waals surface area contributed by atoms with Gasteiger partial charge in [0.1, 0.15) is 13.2 Å². The summed E-state index contributed by atoms with van der Waals surface area (Å²) in [4.78, 5) is 0. The van der Waals surface area contributed by atoms with Gasteiger partial charge in [-0.1, -0.05) is 18.5 Å². The van der Waals surface area contributed by atoms with E-state index in [-0.39, 0.29) is 6.04 Å². The van der Waals surface area contributed by atoms with Crippen molar-refractivity contribution in [2.24, 2.45) is 11.8 Å². The van der Waals surface area contributed by atoms with Gasteiger partial charge >= 0.3 is 0 Å². The molecular weight excluding hydrogens is 262 g/mol. The molecule has 19 heavy (non-hydrogen) atoms. The van der Waals surface area contributed by atoms with Gasteiger partial charge in [-0.2, -0.15) is 0 Å². The highest BCUT2D eigenvalue weighted by Gasteiger charge is 2.34. The van der Waals surface area contributed by atoms with E-state index in [0.717, 1.165) is 28.0 Å². The predicted octanol–water partition coefficient (Wildman–Crippen LogP) is 3.42. The normalized spacial score (nSPS) is 21.0. The molecule has 1 aromatic carbocycles. The van der Waals surface area contributed by atoms with E-state index >= 15 is 0 Å². The molecule has 0 amide bonds. The average molecular weight is 282 g/mol. The van der Waals surface area contributed by atoms with Crippen LogP contribution in [0.15, 0.2) is 12.1 Å². The van der Waals surface area contributed by atoms with Gasteiger partial charge in [0.15, 0.2) is 11.5 Å². The van der Waals surface area contributed by atoms with Crippen LogP contribution in [-0.2, 0) is 0 Å². The Hall–Kier alpha value is -0.930. The summed E-state index contributed by atoms with van der Waals surface area (Å²) in [5.41, 5.74) is 1.12. The fraction of sp³-hybridized carbons (Fsp3) is 0.600. The van der Waals surface area contributed by atoms with Crippen molar-refractivity contribution >= 4 is 11.6 Å². The molecule has 1 aromatic rings. The molecule has 1 N–H and O–H groups in total. The third-order valence-corrected chi connectivity index (χ3v) is 4.53. The molecule has 1 aliphatic carbocycles. The Morgan fingerprint density at radius 1 is 1.21 bits per heavy atom. The summed E-state index contributed by atoms with van der Waals surface area (Å²) in [5, 5.41) is 4.17. The monoisotopic (exact) mass is 281 g/mol. The second-order valence-electron chi connectivity index (χ2n) is 5.48. The summed E-state index contributed by atoms with van der Waals surface area (Å²) in [6.45, 7) is 3.50. The van der Waals surface area contributed by atoms with Crippen molar-refractivity contribution in [1.29, 1.82) is 0 Å². The molecule has 0 bridgehead atoms. The molecule has 104 valence electrons. The van der Waals surface area contributed by atoms with E-state index in [1.807, 2.05) is 19.2 Å². The maximum Gasteiger partial charge on any atom is 0.162 e. The van der Waals surface area contributed by atoms with Crippen LogP contribution in [0.4, 0.5) is 0 Å². The zero-order valence-corrected chi connectivity index (χ0v) is 12.2. The fourth-order valence-electron chi connectivity index (χ4n) is 2.91. The van der Waals surface area contributed by atoms with Crippen LogP contribution >= 0.6 is 11.6 Å². The number of rotatable bonds is 4. The topological polar surface area (TPSA) is 30.5 Å². The molecule has 1 aliphatic heterocycles. The Morgan fingerprint density at radius 3 is 2.42 bits per heavy atom. The lowest BCUT2D eigenvalue weighted by atomic mass is 9.90. The van der Waals surface area contributed by atoms with Gasteiger partial charge in [-0.05, 0) is 43.4 Å². The molecule has 0 spiro atoms. The molecule has 1 fully saturated rings. The zero-order valence-electron chi connectivity index (χ0n) is 11.4. The van der Waals surface area contributed by atoms with Crippen molar-refractivity contribution in [3.8, 4) is 11.5 Å².